The molecule has 2 atom stereocenters. The van der Waals surface area contributed by atoms with Crippen molar-refractivity contribution in [1.29, 1.82) is 0 Å². The zero-order valence-corrected chi connectivity index (χ0v) is 26.1. The summed E-state index contributed by atoms with van der Waals surface area (Å²) < 4.78 is 36.4. The van der Waals surface area contributed by atoms with Gasteiger partial charge in [-0.05, 0) is 108 Å². The van der Waals surface area contributed by atoms with Crippen LogP contribution in [0.5, 0.6) is 0 Å². The SMILES string of the molecule is C\C=C/C=C\C(OC1C=CC(/C(C)=C/N=C(C)/C(=C\C=C/C)Nc2ccc(C(C)=O)c(CC)c2)=C(F)C1F)=C(/C)CC. The molecule has 2 rings (SSSR count). The van der Waals surface area contributed by atoms with E-state index in [-0.39, 0.29) is 11.4 Å². The minimum absolute atomic E-state index is 0.0300. The Balaban J connectivity index is 2.31. The quantitative estimate of drug-likeness (QED) is 0.110. The van der Waals surface area contributed by atoms with E-state index in [2.05, 4.69) is 10.3 Å². The molecule has 1 aliphatic rings. The summed E-state index contributed by atoms with van der Waals surface area (Å²) in [7, 11) is 0. The van der Waals surface area contributed by atoms with Crippen LogP contribution in [0.15, 0.2) is 118 Å². The van der Waals surface area contributed by atoms with Crippen LogP contribution in [0, 0.1) is 0 Å². The van der Waals surface area contributed by atoms with Gasteiger partial charge in [-0.3, -0.25) is 9.79 Å². The van der Waals surface area contributed by atoms with E-state index >= 15 is 8.78 Å². The highest BCUT2D eigenvalue weighted by molar-refractivity contribution is 6.01. The molecule has 0 aliphatic heterocycles. The van der Waals surface area contributed by atoms with Crippen LogP contribution in [0.25, 0.3) is 0 Å². The number of nitrogens with one attached hydrogen (secondary N) is 1. The standard InChI is InChI=1S/C36H44F2N2O2/c1-9-13-15-17-33(24(5)11-3)42-34-21-20-30(35(37)36(34)38)25(6)23-39-26(7)32(16-14-10-2)40-29-18-19-31(27(8)41)28(12-4)22-29/h9-10,13-23,34,36,40H,11-12H2,1-8H3/b13-9-,14-10-,17-15-,25-23+,32-16+,33-24-,39-26+. The van der Waals surface area contributed by atoms with Crippen molar-refractivity contribution in [2.75, 3.05) is 5.32 Å². The second kappa shape index (κ2) is 17.0. The highest BCUT2D eigenvalue weighted by Gasteiger charge is 2.31. The number of halogens is 2. The number of Topliss-reactive ketones (excluding diaryl/α,β-unsaturated/α-hetero) is 1. The maximum atomic E-state index is 15.3. The van der Waals surface area contributed by atoms with Crippen LogP contribution in [-0.4, -0.2) is 23.8 Å². The number of ketones is 1. The van der Waals surface area contributed by atoms with Crippen molar-refractivity contribution in [3.63, 3.8) is 0 Å². The molecule has 1 N–H and O–H groups in total. The molecule has 42 heavy (non-hydrogen) atoms. The number of alkyl halides is 1. The Labute approximate surface area is 250 Å². The summed E-state index contributed by atoms with van der Waals surface area (Å²) in [5, 5.41) is 3.38. The van der Waals surface area contributed by atoms with Crippen molar-refractivity contribution >= 4 is 17.2 Å². The first-order valence-electron chi connectivity index (χ1n) is 14.4. The van der Waals surface area contributed by atoms with Gasteiger partial charge in [0.05, 0.1) is 11.4 Å². The van der Waals surface area contributed by atoms with Gasteiger partial charge in [0.15, 0.2) is 18.1 Å². The van der Waals surface area contributed by atoms with Crippen molar-refractivity contribution in [1.82, 2.24) is 0 Å². The van der Waals surface area contributed by atoms with Crippen molar-refractivity contribution in [2.45, 2.75) is 80.5 Å². The normalized spacial score (nSPS) is 19.3. The molecule has 2 unspecified atom stereocenters. The van der Waals surface area contributed by atoms with Crippen LogP contribution in [0.2, 0.25) is 0 Å². The van der Waals surface area contributed by atoms with E-state index in [1.165, 1.54) is 6.20 Å². The van der Waals surface area contributed by atoms with Crippen LogP contribution < -0.4 is 5.32 Å². The van der Waals surface area contributed by atoms with Gasteiger partial charge in [0.2, 0.25) is 0 Å². The van der Waals surface area contributed by atoms with E-state index in [1.807, 2.05) is 96.2 Å². The summed E-state index contributed by atoms with van der Waals surface area (Å²) in [4.78, 5) is 16.5. The minimum atomic E-state index is -1.94. The lowest BCUT2D eigenvalue weighted by Gasteiger charge is -2.25. The van der Waals surface area contributed by atoms with Crippen molar-refractivity contribution < 1.29 is 18.3 Å². The molecule has 1 aromatic carbocycles. The van der Waals surface area contributed by atoms with Gasteiger partial charge in [0, 0.05) is 23.0 Å². The van der Waals surface area contributed by atoms with Crippen LogP contribution in [0.3, 0.4) is 0 Å². The molecule has 0 saturated heterocycles. The lowest BCUT2D eigenvalue weighted by atomic mass is 9.97. The lowest BCUT2D eigenvalue weighted by molar-refractivity contribution is 0.0847. The number of carbonyl (C=O) groups is 1. The summed E-state index contributed by atoms with van der Waals surface area (Å²) in [6.45, 7) is 14.8. The van der Waals surface area contributed by atoms with Gasteiger partial charge in [-0.15, -0.1) is 0 Å². The molecule has 0 saturated carbocycles. The first kappa shape index (κ1) is 34.1. The van der Waals surface area contributed by atoms with Gasteiger partial charge in [-0.1, -0.05) is 50.3 Å². The lowest BCUT2D eigenvalue weighted by Crippen LogP contribution is -2.27. The molecule has 0 bridgehead atoms. The number of carbonyl (C=O) groups excluding carboxylic acids is 1. The Hall–Kier alpha value is -4.06. The van der Waals surface area contributed by atoms with Crippen LogP contribution >= 0.6 is 0 Å². The number of anilines is 1. The van der Waals surface area contributed by atoms with Crippen molar-refractivity contribution in [3.05, 3.63) is 124 Å². The Bertz CT molecular complexity index is 1400. The number of nitrogens with zero attached hydrogens (tertiary/aromatic N) is 1. The largest absolute Gasteiger partial charge is 0.483 e. The Morgan fingerprint density at radius 3 is 2.40 bits per heavy atom. The van der Waals surface area contributed by atoms with Crippen LogP contribution in [0.4, 0.5) is 14.5 Å². The minimum Gasteiger partial charge on any atom is -0.483 e. The fraction of sp³-hybridized carbons (Fsp3) is 0.333. The van der Waals surface area contributed by atoms with Crippen LogP contribution in [-0.2, 0) is 11.2 Å². The molecule has 224 valence electrons. The fourth-order valence-corrected chi connectivity index (χ4v) is 4.18. The molecule has 0 heterocycles. The molecule has 0 radical (unpaired) electrons. The second-order valence-electron chi connectivity index (χ2n) is 10.0. The van der Waals surface area contributed by atoms with Gasteiger partial charge in [-0.2, -0.15) is 0 Å². The van der Waals surface area contributed by atoms with E-state index < -0.39 is 18.1 Å². The van der Waals surface area contributed by atoms with E-state index in [1.54, 1.807) is 32.1 Å². The van der Waals surface area contributed by atoms with E-state index in [9.17, 15) is 4.79 Å². The third-order valence-electron chi connectivity index (χ3n) is 6.87. The number of ether oxygens (including phenoxy) is 1. The maximum absolute atomic E-state index is 15.3. The van der Waals surface area contributed by atoms with Gasteiger partial charge < -0.3 is 10.1 Å². The first-order chi connectivity index (χ1) is 20.1. The number of aryl methyl sites for hydroxylation is 1. The van der Waals surface area contributed by atoms with Gasteiger partial charge in [0.25, 0.3) is 0 Å². The highest BCUT2D eigenvalue weighted by atomic mass is 19.2. The Morgan fingerprint density at radius 1 is 1.07 bits per heavy atom. The summed E-state index contributed by atoms with van der Waals surface area (Å²) >= 11 is 0. The molecule has 1 aromatic rings. The van der Waals surface area contributed by atoms with Crippen molar-refractivity contribution in [2.24, 2.45) is 4.99 Å². The monoisotopic (exact) mass is 574 g/mol. The molecule has 0 aromatic heterocycles. The fourth-order valence-electron chi connectivity index (χ4n) is 4.18. The third-order valence-corrected chi connectivity index (χ3v) is 6.87. The summed E-state index contributed by atoms with van der Waals surface area (Å²) in [6.07, 6.45) is 16.1. The maximum Gasteiger partial charge on any atom is 0.192 e. The molecule has 0 amide bonds. The number of aliphatic imine (C=N–C) groups is 1. The molecule has 0 fully saturated rings. The molecular weight excluding hydrogens is 530 g/mol. The highest BCUT2D eigenvalue weighted by Crippen LogP contribution is 2.31. The van der Waals surface area contributed by atoms with E-state index in [4.69, 9.17) is 4.74 Å². The second-order valence-corrected chi connectivity index (χ2v) is 10.0. The summed E-state index contributed by atoms with van der Waals surface area (Å²) in [5.74, 6) is -0.315. The number of hydrogen-bond donors (Lipinski definition) is 1. The molecule has 0 spiro atoms. The number of allylic oxidation sites excluding steroid dienone is 12. The number of hydrogen-bond acceptors (Lipinski definition) is 4. The molecular formula is C36H44F2N2O2. The van der Waals surface area contributed by atoms with E-state index in [0.717, 1.165) is 35.4 Å². The zero-order valence-electron chi connectivity index (χ0n) is 26.1. The van der Waals surface area contributed by atoms with Gasteiger partial charge in [0.1, 0.15) is 11.6 Å². The van der Waals surface area contributed by atoms with Gasteiger partial charge >= 0.3 is 0 Å². The third kappa shape index (κ3) is 9.51. The summed E-state index contributed by atoms with van der Waals surface area (Å²) in [6, 6.07) is 5.64. The molecule has 6 heteroatoms. The van der Waals surface area contributed by atoms with Crippen LogP contribution in [0.1, 0.15) is 77.7 Å². The topological polar surface area (TPSA) is 50.7 Å². The smallest absolute Gasteiger partial charge is 0.192 e. The molecule has 1 aliphatic carbocycles. The zero-order chi connectivity index (χ0) is 31.2. The number of rotatable bonds is 13. The number of benzene rings is 1. The van der Waals surface area contributed by atoms with E-state index in [0.29, 0.717) is 22.6 Å². The Morgan fingerprint density at radius 2 is 1.79 bits per heavy atom. The summed E-state index contributed by atoms with van der Waals surface area (Å²) in [5.41, 5.74) is 5.46. The average Bonchev–Trinajstić information content (AvgIpc) is 2.98. The Kier molecular flexibility index (Phi) is 13.8. The molecule has 4 nitrogen and oxygen atoms in total. The first-order valence-corrected chi connectivity index (χ1v) is 14.4. The van der Waals surface area contributed by atoms with Crippen molar-refractivity contribution in [3.8, 4) is 0 Å². The predicted molar refractivity (Wildman–Crippen MR) is 173 cm³/mol. The predicted octanol–water partition coefficient (Wildman–Crippen LogP) is 10.0. The van der Waals surface area contributed by atoms with Gasteiger partial charge in [-0.25, -0.2) is 8.78 Å². The average molecular weight is 575 g/mol.